The number of halogens is 2. The lowest BCUT2D eigenvalue weighted by molar-refractivity contribution is 0.401. The van der Waals surface area contributed by atoms with Crippen LogP contribution in [0.15, 0.2) is 29.2 Å². The lowest BCUT2D eigenvalue weighted by Gasteiger charge is -2.22. The van der Waals surface area contributed by atoms with Crippen molar-refractivity contribution in [3.63, 3.8) is 0 Å². The Balaban J connectivity index is 0.00000162. The third-order valence-electron chi connectivity index (χ3n) is 3.09. The van der Waals surface area contributed by atoms with Crippen LogP contribution >= 0.6 is 12.4 Å². The lowest BCUT2D eigenvalue weighted by atomic mass is 10.0. The molecule has 0 unspecified atom stereocenters. The topological polar surface area (TPSA) is 46.2 Å². The Bertz CT molecular complexity index is 487. The van der Waals surface area contributed by atoms with E-state index < -0.39 is 15.7 Å². The van der Waals surface area contributed by atoms with E-state index in [9.17, 15) is 12.8 Å². The van der Waals surface area contributed by atoms with Crippen LogP contribution in [0, 0.1) is 11.7 Å². The first-order valence-corrected chi connectivity index (χ1v) is 7.43. The maximum Gasteiger partial charge on any atom is 0.181 e. The maximum absolute atomic E-state index is 13.4. The van der Waals surface area contributed by atoms with Gasteiger partial charge in [-0.1, -0.05) is 12.1 Å². The molecule has 0 atom stereocenters. The molecule has 1 aromatic rings. The summed E-state index contributed by atoms with van der Waals surface area (Å²) >= 11 is 0. The van der Waals surface area contributed by atoms with Crippen molar-refractivity contribution in [2.24, 2.45) is 5.92 Å². The third-order valence-corrected chi connectivity index (χ3v) is 5.00. The van der Waals surface area contributed by atoms with Crippen LogP contribution in [-0.2, 0) is 9.84 Å². The van der Waals surface area contributed by atoms with Crippen LogP contribution < -0.4 is 5.32 Å². The molecule has 0 aromatic heterocycles. The van der Waals surface area contributed by atoms with Gasteiger partial charge in [-0.3, -0.25) is 0 Å². The highest BCUT2D eigenvalue weighted by atomic mass is 35.5. The van der Waals surface area contributed by atoms with Gasteiger partial charge >= 0.3 is 0 Å². The van der Waals surface area contributed by atoms with Crippen LogP contribution in [0.5, 0.6) is 0 Å². The van der Waals surface area contributed by atoms with Crippen molar-refractivity contribution in [3.05, 3.63) is 30.1 Å². The van der Waals surface area contributed by atoms with E-state index in [1.54, 1.807) is 6.07 Å². The van der Waals surface area contributed by atoms with Gasteiger partial charge in [0.05, 0.1) is 5.75 Å². The number of piperidine rings is 1. The van der Waals surface area contributed by atoms with Crippen molar-refractivity contribution < 1.29 is 12.8 Å². The minimum absolute atomic E-state index is 0. The smallest absolute Gasteiger partial charge is 0.181 e. The zero-order chi connectivity index (χ0) is 12.3. The van der Waals surface area contributed by atoms with Gasteiger partial charge in [0, 0.05) is 0 Å². The molecule has 102 valence electrons. The molecular formula is C12H17ClFNO2S. The second kappa shape index (κ2) is 6.50. The molecule has 6 heteroatoms. The van der Waals surface area contributed by atoms with Gasteiger partial charge in [0.25, 0.3) is 0 Å². The van der Waals surface area contributed by atoms with Gasteiger partial charge in [-0.25, -0.2) is 12.8 Å². The summed E-state index contributed by atoms with van der Waals surface area (Å²) in [6.45, 7) is 1.69. The summed E-state index contributed by atoms with van der Waals surface area (Å²) in [5.74, 6) is -0.461. The van der Waals surface area contributed by atoms with E-state index in [0.29, 0.717) is 0 Å². The summed E-state index contributed by atoms with van der Waals surface area (Å²) < 4.78 is 37.6. The molecule has 0 spiro atoms. The molecule has 1 aromatic carbocycles. The molecule has 0 bridgehead atoms. The van der Waals surface area contributed by atoms with Crippen LogP contribution in [-0.4, -0.2) is 27.3 Å². The van der Waals surface area contributed by atoms with Crippen LogP contribution in [0.25, 0.3) is 0 Å². The molecule has 1 heterocycles. The number of hydrogen-bond acceptors (Lipinski definition) is 3. The van der Waals surface area contributed by atoms with Gasteiger partial charge in [-0.15, -0.1) is 12.4 Å². The Labute approximate surface area is 113 Å². The Morgan fingerprint density at radius 3 is 2.44 bits per heavy atom. The molecular weight excluding hydrogens is 277 g/mol. The van der Waals surface area contributed by atoms with E-state index in [0.717, 1.165) is 25.9 Å². The fourth-order valence-electron chi connectivity index (χ4n) is 2.15. The van der Waals surface area contributed by atoms with E-state index in [-0.39, 0.29) is 29.0 Å². The average Bonchev–Trinajstić information content (AvgIpc) is 2.30. The fourth-order valence-corrected chi connectivity index (χ4v) is 3.93. The molecule has 0 aliphatic carbocycles. The van der Waals surface area contributed by atoms with E-state index in [1.165, 1.54) is 18.2 Å². The van der Waals surface area contributed by atoms with E-state index in [1.807, 2.05) is 0 Å². The summed E-state index contributed by atoms with van der Waals surface area (Å²) in [6, 6.07) is 5.58. The molecule has 0 saturated carbocycles. The molecule has 1 aliphatic rings. The number of hydrogen-bond donors (Lipinski definition) is 1. The molecule has 0 amide bonds. The van der Waals surface area contributed by atoms with Crippen molar-refractivity contribution in [2.45, 2.75) is 17.7 Å². The predicted molar refractivity (Wildman–Crippen MR) is 71.3 cm³/mol. The van der Waals surface area contributed by atoms with E-state index in [2.05, 4.69) is 5.32 Å². The molecule has 2 rings (SSSR count). The van der Waals surface area contributed by atoms with Crippen LogP contribution in [0.2, 0.25) is 0 Å². The fraction of sp³-hybridized carbons (Fsp3) is 0.500. The average molecular weight is 294 g/mol. The highest BCUT2D eigenvalue weighted by Crippen LogP contribution is 2.21. The van der Waals surface area contributed by atoms with Crippen molar-refractivity contribution in [2.75, 3.05) is 18.8 Å². The highest BCUT2D eigenvalue weighted by molar-refractivity contribution is 7.91. The van der Waals surface area contributed by atoms with Crippen molar-refractivity contribution in [1.29, 1.82) is 0 Å². The Morgan fingerprint density at radius 2 is 1.83 bits per heavy atom. The third kappa shape index (κ3) is 3.67. The summed E-state index contributed by atoms with van der Waals surface area (Å²) in [7, 11) is -3.49. The highest BCUT2D eigenvalue weighted by Gasteiger charge is 2.24. The molecule has 1 aliphatic heterocycles. The SMILES string of the molecule is Cl.O=S(=O)(CC1CCNCC1)c1ccccc1F. The standard InChI is InChI=1S/C12H16FNO2S.ClH/c13-11-3-1-2-4-12(11)17(15,16)9-10-5-7-14-8-6-10;/h1-4,10,14H,5-9H2;1H. The zero-order valence-electron chi connectivity index (χ0n) is 9.93. The molecule has 0 radical (unpaired) electrons. The molecule has 1 saturated heterocycles. The van der Waals surface area contributed by atoms with Crippen molar-refractivity contribution >= 4 is 22.2 Å². The van der Waals surface area contributed by atoms with Gasteiger partial charge in [0.2, 0.25) is 0 Å². The first-order chi connectivity index (χ1) is 8.09. The molecule has 18 heavy (non-hydrogen) atoms. The summed E-state index contributed by atoms with van der Waals surface area (Å²) in [4.78, 5) is -0.168. The number of sulfone groups is 1. The van der Waals surface area contributed by atoms with Crippen LogP contribution in [0.1, 0.15) is 12.8 Å². The quantitative estimate of drug-likeness (QED) is 0.927. The van der Waals surface area contributed by atoms with Gasteiger partial charge in [-0.05, 0) is 44.0 Å². The second-order valence-electron chi connectivity index (χ2n) is 4.41. The monoisotopic (exact) mass is 293 g/mol. The molecule has 1 fully saturated rings. The van der Waals surface area contributed by atoms with Crippen LogP contribution in [0.3, 0.4) is 0 Å². The Kier molecular flexibility index (Phi) is 5.56. The van der Waals surface area contributed by atoms with Gasteiger partial charge in [0.15, 0.2) is 9.84 Å². The number of benzene rings is 1. The summed E-state index contributed by atoms with van der Waals surface area (Å²) in [6.07, 6.45) is 1.68. The van der Waals surface area contributed by atoms with Crippen LogP contribution in [0.4, 0.5) is 4.39 Å². The van der Waals surface area contributed by atoms with E-state index in [4.69, 9.17) is 0 Å². The number of nitrogens with one attached hydrogen (secondary N) is 1. The Hall–Kier alpha value is -0.650. The lowest BCUT2D eigenvalue weighted by Crippen LogP contribution is -2.31. The van der Waals surface area contributed by atoms with E-state index >= 15 is 0 Å². The first-order valence-electron chi connectivity index (χ1n) is 5.77. The van der Waals surface area contributed by atoms with Crippen molar-refractivity contribution in [3.8, 4) is 0 Å². The normalized spacial score (nSPS) is 17.2. The second-order valence-corrected chi connectivity index (χ2v) is 6.41. The minimum Gasteiger partial charge on any atom is -0.317 e. The Morgan fingerprint density at radius 1 is 1.22 bits per heavy atom. The molecule has 3 nitrogen and oxygen atoms in total. The summed E-state index contributed by atoms with van der Waals surface area (Å²) in [5, 5.41) is 3.18. The van der Waals surface area contributed by atoms with Gasteiger partial charge in [0.1, 0.15) is 10.7 Å². The zero-order valence-corrected chi connectivity index (χ0v) is 11.6. The number of rotatable bonds is 3. The minimum atomic E-state index is -3.49. The predicted octanol–water partition coefficient (Wildman–Crippen LogP) is 2.02. The largest absolute Gasteiger partial charge is 0.317 e. The van der Waals surface area contributed by atoms with Gasteiger partial charge in [-0.2, -0.15) is 0 Å². The maximum atomic E-state index is 13.4. The first kappa shape index (κ1) is 15.4. The van der Waals surface area contributed by atoms with Gasteiger partial charge < -0.3 is 5.32 Å². The summed E-state index contributed by atoms with van der Waals surface area (Å²) in [5.41, 5.74) is 0. The van der Waals surface area contributed by atoms with Crippen molar-refractivity contribution in [1.82, 2.24) is 5.32 Å². The molecule has 1 N–H and O–H groups in total.